The first-order chi connectivity index (χ1) is 17.8. The normalized spacial score (nSPS) is 19.1. The van der Waals surface area contributed by atoms with E-state index >= 15 is 0 Å². The number of ether oxygens (including phenoxy) is 2. The Kier molecular flexibility index (Phi) is 7.49. The Morgan fingerprint density at radius 3 is 2.39 bits per heavy atom. The van der Waals surface area contributed by atoms with Gasteiger partial charge in [0.05, 0.1) is 24.4 Å². The van der Waals surface area contributed by atoms with Crippen molar-refractivity contribution in [3.63, 3.8) is 0 Å². The number of pyridine rings is 1. The van der Waals surface area contributed by atoms with E-state index in [1.165, 1.54) is 10.9 Å². The van der Waals surface area contributed by atoms with Crippen LogP contribution in [0, 0.1) is 16.6 Å². The maximum absolute atomic E-state index is 14.8. The van der Waals surface area contributed by atoms with Crippen LogP contribution < -0.4 is 4.57 Å². The summed E-state index contributed by atoms with van der Waals surface area (Å²) in [5.41, 5.74) is 4.75. The first-order valence-electron chi connectivity index (χ1n) is 13.6. The Bertz CT molecular complexity index is 1390. The van der Waals surface area contributed by atoms with Gasteiger partial charge in [0.25, 0.3) is 0 Å². The van der Waals surface area contributed by atoms with E-state index in [0.717, 1.165) is 34.6 Å². The lowest BCUT2D eigenvalue weighted by molar-refractivity contribution is -0.670. The molecule has 0 radical (unpaired) electrons. The van der Waals surface area contributed by atoms with Crippen molar-refractivity contribution in [2.45, 2.75) is 79.9 Å². The van der Waals surface area contributed by atoms with Gasteiger partial charge in [-0.1, -0.05) is 60.6 Å². The number of methoxy groups -OCH3 is 1. The van der Waals surface area contributed by atoms with Gasteiger partial charge in [0.15, 0.2) is 6.54 Å². The van der Waals surface area contributed by atoms with Crippen molar-refractivity contribution in [1.29, 1.82) is 0 Å². The van der Waals surface area contributed by atoms with E-state index < -0.39 is 5.41 Å². The number of para-hydroxylation sites is 1. The van der Waals surface area contributed by atoms with Crippen LogP contribution in [0.25, 0.3) is 22.2 Å². The number of allylic oxidation sites excluding steroid dienone is 2. The van der Waals surface area contributed by atoms with Crippen molar-refractivity contribution in [3.8, 4) is 11.3 Å². The molecule has 0 N–H and O–H groups in total. The zero-order chi connectivity index (χ0) is 27.9. The summed E-state index contributed by atoms with van der Waals surface area (Å²) >= 11 is 0. The van der Waals surface area contributed by atoms with Gasteiger partial charge in [-0.05, 0) is 60.9 Å². The largest absolute Gasteiger partial charge is 0.501 e. The number of halogens is 1. The highest BCUT2D eigenvalue weighted by Crippen LogP contribution is 2.45. The fourth-order valence-corrected chi connectivity index (χ4v) is 5.62. The van der Waals surface area contributed by atoms with Gasteiger partial charge in [0.2, 0.25) is 11.2 Å². The Labute approximate surface area is 228 Å². The Morgan fingerprint density at radius 2 is 1.76 bits per heavy atom. The maximum Gasteiger partial charge on any atom is 0.213 e. The van der Waals surface area contributed by atoms with E-state index in [0.29, 0.717) is 6.54 Å². The second-order valence-corrected chi connectivity index (χ2v) is 12.7. The standard InChI is InChI=1S/C34H43FNO2/c1-10-34(23(2)21-38-31(33(6,7)8)20-30(37-9)32(3,4)5)22-36-28-14-12-11-13-24(28)15-18-29(36)26-17-16-25(35)19-27(26)34/h11-21,31H,10,22H2,1-9H3/q+1. The fourth-order valence-electron chi connectivity index (χ4n) is 5.62. The van der Waals surface area contributed by atoms with Gasteiger partial charge in [-0.25, -0.2) is 4.39 Å². The summed E-state index contributed by atoms with van der Waals surface area (Å²) < 4.78 is 29.5. The monoisotopic (exact) mass is 516 g/mol. The molecule has 2 aromatic carbocycles. The van der Waals surface area contributed by atoms with Crippen LogP contribution in [0.2, 0.25) is 0 Å². The Balaban J connectivity index is 1.85. The minimum atomic E-state index is -0.417. The molecule has 0 amide bonds. The molecule has 3 aromatic rings. The Morgan fingerprint density at radius 1 is 1.05 bits per heavy atom. The molecule has 3 nitrogen and oxygen atoms in total. The van der Waals surface area contributed by atoms with Crippen LogP contribution in [0.15, 0.2) is 78.3 Å². The predicted octanol–water partition coefficient (Wildman–Crippen LogP) is 8.51. The molecule has 4 heteroatoms. The van der Waals surface area contributed by atoms with Gasteiger partial charge in [-0.3, -0.25) is 0 Å². The van der Waals surface area contributed by atoms with Crippen LogP contribution in [0.5, 0.6) is 0 Å². The third-order valence-electron chi connectivity index (χ3n) is 8.01. The molecular formula is C34H43FNO2+. The van der Waals surface area contributed by atoms with E-state index in [9.17, 15) is 4.39 Å². The molecule has 2 atom stereocenters. The molecule has 0 saturated heterocycles. The zero-order valence-electron chi connectivity index (χ0n) is 24.5. The van der Waals surface area contributed by atoms with Crippen LogP contribution in [0.1, 0.15) is 67.4 Å². The molecule has 0 bridgehead atoms. The van der Waals surface area contributed by atoms with Crippen LogP contribution >= 0.6 is 0 Å². The van der Waals surface area contributed by atoms with Crippen molar-refractivity contribution in [2.75, 3.05) is 7.11 Å². The summed E-state index contributed by atoms with van der Waals surface area (Å²) in [5, 5.41) is 1.19. The molecule has 0 spiro atoms. The Hall–Kier alpha value is -3.14. The quantitative estimate of drug-likeness (QED) is 0.242. The molecule has 4 rings (SSSR count). The fraction of sp³-hybridized carbons (Fsp3) is 0.441. The smallest absolute Gasteiger partial charge is 0.213 e. The molecule has 38 heavy (non-hydrogen) atoms. The van der Waals surface area contributed by atoms with Crippen molar-refractivity contribution in [2.24, 2.45) is 10.8 Å². The second kappa shape index (κ2) is 10.2. The summed E-state index contributed by atoms with van der Waals surface area (Å²) in [5.74, 6) is 0.685. The van der Waals surface area contributed by atoms with Gasteiger partial charge >= 0.3 is 0 Å². The molecule has 2 heterocycles. The molecule has 0 fully saturated rings. The first-order valence-corrected chi connectivity index (χ1v) is 13.6. The van der Waals surface area contributed by atoms with Crippen LogP contribution in [-0.2, 0) is 21.4 Å². The average Bonchev–Trinajstić information content (AvgIpc) is 2.86. The van der Waals surface area contributed by atoms with Gasteiger partial charge in [-0.2, -0.15) is 4.57 Å². The summed E-state index contributed by atoms with van der Waals surface area (Å²) in [4.78, 5) is 0. The maximum atomic E-state index is 14.8. The van der Waals surface area contributed by atoms with Crippen molar-refractivity contribution in [3.05, 3.63) is 89.6 Å². The lowest BCUT2D eigenvalue weighted by atomic mass is 9.68. The summed E-state index contributed by atoms with van der Waals surface area (Å²) in [7, 11) is 1.72. The molecule has 0 saturated carbocycles. The lowest BCUT2D eigenvalue weighted by Gasteiger charge is -2.37. The molecular weight excluding hydrogens is 473 g/mol. The first kappa shape index (κ1) is 27.9. The van der Waals surface area contributed by atoms with E-state index in [-0.39, 0.29) is 22.8 Å². The van der Waals surface area contributed by atoms with E-state index in [4.69, 9.17) is 9.47 Å². The van der Waals surface area contributed by atoms with Gasteiger partial charge in [-0.15, -0.1) is 0 Å². The van der Waals surface area contributed by atoms with Crippen molar-refractivity contribution in [1.82, 2.24) is 0 Å². The van der Waals surface area contributed by atoms with Crippen molar-refractivity contribution < 1.29 is 18.4 Å². The van der Waals surface area contributed by atoms with Crippen LogP contribution in [-0.4, -0.2) is 13.2 Å². The number of aromatic nitrogens is 1. The molecule has 2 unspecified atom stereocenters. The van der Waals surface area contributed by atoms with Gasteiger partial charge in [0, 0.05) is 28.3 Å². The van der Waals surface area contributed by atoms with Crippen LogP contribution in [0.4, 0.5) is 4.39 Å². The average molecular weight is 517 g/mol. The molecule has 1 aliphatic rings. The number of rotatable bonds is 6. The summed E-state index contributed by atoms with van der Waals surface area (Å²) in [6.07, 6.45) is 4.63. The number of nitrogens with zero attached hydrogens (tertiary/aromatic N) is 1. The summed E-state index contributed by atoms with van der Waals surface area (Å²) in [6, 6.07) is 18.0. The second-order valence-electron chi connectivity index (χ2n) is 12.7. The number of benzene rings is 2. The van der Waals surface area contributed by atoms with Crippen molar-refractivity contribution >= 4 is 10.9 Å². The highest BCUT2D eigenvalue weighted by molar-refractivity contribution is 5.79. The molecule has 0 aliphatic carbocycles. The van der Waals surface area contributed by atoms with E-state index in [1.54, 1.807) is 19.2 Å². The van der Waals surface area contributed by atoms with E-state index in [1.807, 2.05) is 12.3 Å². The van der Waals surface area contributed by atoms with E-state index in [2.05, 4.69) is 102 Å². The number of hydrogen-bond acceptors (Lipinski definition) is 2. The molecule has 1 aliphatic heterocycles. The third kappa shape index (κ3) is 5.10. The zero-order valence-corrected chi connectivity index (χ0v) is 24.5. The van der Waals surface area contributed by atoms with Crippen LogP contribution in [0.3, 0.4) is 0 Å². The predicted molar refractivity (Wildman–Crippen MR) is 154 cm³/mol. The van der Waals surface area contributed by atoms with Gasteiger partial charge < -0.3 is 9.47 Å². The topological polar surface area (TPSA) is 22.3 Å². The summed E-state index contributed by atoms with van der Waals surface area (Å²) in [6.45, 7) is 18.0. The minimum absolute atomic E-state index is 0.133. The lowest BCUT2D eigenvalue weighted by Crippen LogP contribution is -2.52. The molecule has 202 valence electrons. The number of fused-ring (bicyclic) bond motifs is 5. The molecule has 1 aromatic heterocycles. The third-order valence-corrected chi connectivity index (χ3v) is 8.01. The van der Waals surface area contributed by atoms with Gasteiger partial charge in [0.1, 0.15) is 17.7 Å². The number of hydrogen-bond donors (Lipinski definition) is 0. The highest BCUT2D eigenvalue weighted by atomic mass is 19.1. The minimum Gasteiger partial charge on any atom is -0.501 e. The SMILES string of the molecule is CCC1(C(C)=COC(C=C(OC)C(C)(C)C)C(C)(C)C)C[n+]2c(ccc3ccccc32)-c2ccc(F)cc21. The highest BCUT2D eigenvalue weighted by Gasteiger charge is 2.45.